The van der Waals surface area contributed by atoms with Gasteiger partial charge in [-0.25, -0.2) is 0 Å². The maximum atomic E-state index is 11.1. The molecule has 0 spiro atoms. The van der Waals surface area contributed by atoms with Gasteiger partial charge in [0.15, 0.2) is 5.78 Å². The average molecular weight is 195 g/mol. The van der Waals surface area contributed by atoms with Gasteiger partial charge in [0, 0.05) is 6.20 Å². The van der Waals surface area contributed by atoms with Crippen molar-refractivity contribution in [3.05, 3.63) is 30.1 Å². The predicted molar refractivity (Wildman–Crippen MR) is 48.3 cm³/mol. The van der Waals surface area contributed by atoms with Crippen LogP contribution in [0.25, 0.3) is 0 Å². The van der Waals surface area contributed by atoms with E-state index < -0.39 is 5.92 Å². The second kappa shape index (κ2) is 4.58. The van der Waals surface area contributed by atoms with Crippen molar-refractivity contribution < 1.29 is 4.79 Å². The summed E-state index contributed by atoms with van der Waals surface area (Å²) < 4.78 is 0. The molecule has 13 heavy (non-hydrogen) atoms. The van der Waals surface area contributed by atoms with Crippen molar-refractivity contribution in [2.24, 2.45) is 0 Å². The highest BCUT2D eigenvalue weighted by molar-refractivity contribution is 6.28. The summed E-state index contributed by atoms with van der Waals surface area (Å²) in [7, 11) is 0. The minimum absolute atomic E-state index is 0.158. The van der Waals surface area contributed by atoms with Crippen LogP contribution in [0.2, 0.25) is 0 Å². The summed E-state index contributed by atoms with van der Waals surface area (Å²) in [6.45, 7) is 0. The van der Waals surface area contributed by atoms with Crippen LogP contribution in [0.15, 0.2) is 24.4 Å². The van der Waals surface area contributed by atoms with E-state index in [0.29, 0.717) is 5.69 Å². The number of rotatable bonds is 3. The molecule has 0 N–H and O–H groups in total. The van der Waals surface area contributed by atoms with Gasteiger partial charge in [-0.05, 0) is 12.1 Å². The number of carbonyl (C=O) groups excluding carboxylic acids is 1. The highest BCUT2D eigenvalue weighted by atomic mass is 35.5. The zero-order valence-electron chi connectivity index (χ0n) is 6.77. The van der Waals surface area contributed by atoms with Crippen molar-refractivity contribution >= 4 is 17.4 Å². The van der Waals surface area contributed by atoms with Crippen LogP contribution in [0.5, 0.6) is 0 Å². The SMILES string of the molecule is N#CC(C(=O)CCl)c1ccccn1. The van der Waals surface area contributed by atoms with Crippen LogP contribution in [0.4, 0.5) is 0 Å². The van der Waals surface area contributed by atoms with Crippen molar-refractivity contribution in [1.82, 2.24) is 4.98 Å². The molecule has 0 aromatic carbocycles. The van der Waals surface area contributed by atoms with Gasteiger partial charge in [0.2, 0.25) is 0 Å². The van der Waals surface area contributed by atoms with E-state index in [4.69, 9.17) is 16.9 Å². The summed E-state index contributed by atoms with van der Waals surface area (Å²) in [4.78, 5) is 15.1. The second-order valence-electron chi connectivity index (χ2n) is 2.42. The average Bonchev–Trinajstić information content (AvgIpc) is 2.20. The lowest BCUT2D eigenvalue weighted by molar-refractivity contribution is -0.117. The predicted octanol–water partition coefficient (Wildman–Crippen LogP) is 1.50. The molecule has 0 aliphatic carbocycles. The van der Waals surface area contributed by atoms with Crippen LogP contribution < -0.4 is 0 Å². The summed E-state index contributed by atoms with van der Waals surface area (Å²) in [5, 5.41) is 8.71. The molecule has 0 fully saturated rings. The van der Waals surface area contributed by atoms with E-state index in [1.807, 2.05) is 6.07 Å². The van der Waals surface area contributed by atoms with E-state index in [9.17, 15) is 4.79 Å². The number of halogens is 1. The van der Waals surface area contributed by atoms with Crippen LogP contribution in [0.1, 0.15) is 11.6 Å². The number of nitrogens with zero attached hydrogens (tertiary/aromatic N) is 2. The first-order valence-corrected chi connectivity index (χ1v) is 4.22. The van der Waals surface area contributed by atoms with Gasteiger partial charge in [-0.3, -0.25) is 9.78 Å². The third kappa shape index (κ3) is 2.27. The Bertz CT molecular complexity index is 331. The molecule has 1 atom stereocenters. The number of ketones is 1. The summed E-state index contributed by atoms with van der Waals surface area (Å²) in [5.74, 6) is -1.31. The Labute approximate surface area is 81.0 Å². The highest BCUT2D eigenvalue weighted by Gasteiger charge is 2.19. The smallest absolute Gasteiger partial charge is 0.170 e. The van der Waals surface area contributed by atoms with Crippen molar-refractivity contribution in [2.45, 2.75) is 5.92 Å². The lowest BCUT2D eigenvalue weighted by atomic mass is 10.0. The molecule has 0 amide bonds. The molecule has 0 aliphatic heterocycles. The summed E-state index contributed by atoms with van der Waals surface area (Å²) >= 11 is 5.35. The molecular weight excluding hydrogens is 188 g/mol. The van der Waals surface area contributed by atoms with Gasteiger partial charge in [0.05, 0.1) is 17.6 Å². The van der Waals surface area contributed by atoms with Crippen LogP contribution in [-0.4, -0.2) is 16.6 Å². The van der Waals surface area contributed by atoms with E-state index in [1.165, 1.54) is 0 Å². The van der Waals surface area contributed by atoms with E-state index in [1.54, 1.807) is 24.4 Å². The number of hydrogen-bond donors (Lipinski definition) is 0. The van der Waals surface area contributed by atoms with E-state index >= 15 is 0 Å². The Kier molecular flexibility index (Phi) is 3.41. The van der Waals surface area contributed by atoms with E-state index in [2.05, 4.69) is 4.98 Å². The second-order valence-corrected chi connectivity index (χ2v) is 2.68. The number of alkyl halides is 1. The molecule has 0 saturated heterocycles. The maximum Gasteiger partial charge on any atom is 0.170 e. The quantitative estimate of drug-likeness (QED) is 0.686. The number of carbonyl (C=O) groups is 1. The van der Waals surface area contributed by atoms with Gasteiger partial charge < -0.3 is 0 Å². The molecule has 1 aromatic rings. The van der Waals surface area contributed by atoms with Gasteiger partial charge in [0.1, 0.15) is 5.92 Å². The van der Waals surface area contributed by atoms with Gasteiger partial charge in [0.25, 0.3) is 0 Å². The summed E-state index contributed by atoms with van der Waals surface area (Å²) in [6, 6.07) is 6.97. The molecule has 0 saturated carbocycles. The normalized spacial score (nSPS) is 11.7. The lowest BCUT2D eigenvalue weighted by Gasteiger charge is -2.03. The lowest BCUT2D eigenvalue weighted by Crippen LogP contribution is -2.13. The summed E-state index contributed by atoms with van der Waals surface area (Å²) in [5.41, 5.74) is 0.454. The number of aromatic nitrogens is 1. The third-order valence-corrected chi connectivity index (χ3v) is 1.83. The molecule has 0 bridgehead atoms. The largest absolute Gasteiger partial charge is 0.296 e. The molecule has 1 rings (SSSR count). The highest BCUT2D eigenvalue weighted by Crippen LogP contribution is 2.13. The Morgan fingerprint density at radius 3 is 2.92 bits per heavy atom. The third-order valence-electron chi connectivity index (χ3n) is 1.57. The first-order chi connectivity index (χ1) is 6.29. The molecular formula is C9H7ClN2O. The van der Waals surface area contributed by atoms with E-state index in [-0.39, 0.29) is 11.7 Å². The standard InChI is InChI=1S/C9H7ClN2O/c10-5-9(13)7(6-11)8-3-1-2-4-12-8/h1-4,7H,5H2. The van der Waals surface area contributed by atoms with Gasteiger partial charge >= 0.3 is 0 Å². The number of Topliss-reactive ketones (excluding diaryl/α,β-unsaturated/α-hetero) is 1. The monoisotopic (exact) mass is 194 g/mol. The molecule has 3 nitrogen and oxygen atoms in total. The fourth-order valence-corrected chi connectivity index (χ4v) is 1.08. The molecule has 0 aliphatic rings. The van der Waals surface area contributed by atoms with Gasteiger partial charge in [-0.1, -0.05) is 6.07 Å². The molecule has 0 radical (unpaired) electrons. The summed E-state index contributed by atoms with van der Waals surface area (Å²) in [6.07, 6.45) is 1.54. The molecule has 1 heterocycles. The van der Waals surface area contributed by atoms with Gasteiger partial charge in [-0.2, -0.15) is 5.26 Å². The minimum Gasteiger partial charge on any atom is -0.296 e. The molecule has 66 valence electrons. The van der Waals surface area contributed by atoms with Crippen molar-refractivity contribution in [1.29, 1.82) is 5.26 Å². The fraction of sp³-hybridized carbons (Fsp3) is 0.222. The molecule has 1 unspecified atom stereocenters. The Morgan fingerprint density at radius 1 is 1.69 bits per heavy atom. The first kappa shape index (κ1) is 9.69. The topological polar surface area (TPSA) is 53.8 Å². The number of nitriles is 1. The number of hydrogen-bond acceptors (Lipinski definition) is 3. The molecule has 4 heteroatoms. The van der Waals surface area contributed by atoms with Crippen LogP contribution in [0, 0.1) is 11.3 Å². The number of pyridine rings is 1. The van der Waals surface area contributed by atoms with Crippen LogP contribution in [0.3, 0.4) is 0 Å². The van der Waals surface area contributed by atoms with Gasteiger partial charge in [-0.15, -0.1) is 11.6 Å². The van der Waals surface area contributed by atoms with E-state index in [0.717, 1.165) is 0 Å². The van der Waals surface area contributed by atoms with Crippen molar-refractivity contribution in [2.75, 3.05) is 5.88 Å². The fourth-order valence-electron chi connectivity index (χ4n) is 0.927. The Balaban J connectivity index is 2.93. The minimum atomic E-state index is -0.835. The Morgan fingerprint density at radius 2 is 2.46 bits per heavy atom. The Hall–Kier alpha value is -1.40. The van der Waals surface area contributed by atoms with Crippen molar-refractivity contribution in [3.8, 4) is 6.07 Å². The molecule has 1 aromatic heterocycles. The van der Waals surface area contributed by atoms with Crippen molar-refractivity contribution in [3.63, 3.8) is 0 Å². The van der Waals surface area contributed by atoms with Crippen LogP contribution >= 0.6 is 11.6 Å². The van der Waals surface area contributed by atoms with Crippen LogP contribution in [-0.2, 0) is 4.79 Å². The zero-order chi connectivity index (χ0) is 9.68. The first-order valence-electron chi connectivity index (χ1n) is 3.69. The maximum absolute atomic E-state index is 11.1. The zero-order valence-corrected chi connectivity index (χ0v) is 7.53.